The highest BCUT2D eigenvalue weighted by Gasteiger charge is 2.09. The van der Waals surface area contributed by atoms with Crippen LogP contribution in [0.3, 0.4) is 0 Å². The third-order valence-corrected chi connectivity index (χ3v) is 6.80. The van der Waals surface area contributed by atoms with Crippen LogP contribution in [-0.4, -0.2) is 18.4 Å². The van der Waals surface area contributed by atoms with E-state index in [4.69, 9.17) is 14.0 Å². The number of hydrogen-bond acceptors (Lipinski definition) is 4. The number of hydrogen-bond donors (Lipinski definition) is 0. The summed E-state index contributed by atoms with van der Waals surface area (Å²) in [6.45, 7) is 10.2. The van der Waals surface area contributed by atoms with Crippen LogP contribution in [0.5, 0.6) is 11.5 Å². The van der Waals surface area contributed by atoms with Gasteiger partial charge in [0, 0.05) is 17.2 Å². The van der Waals surface area contributed by atoms with Gasteiger partial charge in [-0.05, 0) is 63.1 Å². The molecule has 214 valence electrons. The van der Waals surface area contributed by atoms with Gasteiger partial charge in [0.2, 0.25) is 0 Å². The Morgan fingerprint density at radius 1 is 0.550 bits per heavy atom. The zero-order chi connectivity index (χ0) is 28.4. The monoisotopic (exact) mass is 541 g/mol. The van der Waals surface area contributed by atoms with Gasteiger partial charge in [0.05, 0.1) is 13.2 Å². The summed E-state index contributed by atoms with van der Waals surface area (Å²) < 4.78 is 16.9. The third kappa shape index (κ3) is 11.3. The van der Waals surface area contributed by atoms with Crippen LogP contribution in [0.1, 0.15) is 82.8 Å². The van der Waals surface area contributed by atoms with Gasteiger partial charge in [-0.25, -0.2) is 0 Å². The first-order chi connectivity index (χ1) is 19.6. The van der Waals surface area contributed by atoms with Crippen LogP contribution < -0.4 is 9.47 Å². The van der Waals surface area contributed by atoms with Crippen LogP contribution in [0.4, 0.5) is 0 Å². The van der Waals surface area contributed by atoms with Crippen molar-refractivity contribution in [2.75, 3.05) is 13.2 Å². The Labute approximate surface area is 241 Å². The number of nitrogens with zero attached hydrogens (tertiary/aromatic N) is 1. The Morgan fingerprint density at radius 3 is 1.60 bits per heavy atom. The first-order valence-electron chi connectivity index (χ1n) is 15.1. The number of rotatable bonds is 15. The minimum Gasteiger partial charge on any atom is -0.494 e. The van der Waals surface area contributed by atoms with E-state index in [2.05, 4.69) is 69.2 Å². The van der Waals surface area contributed by atoms with Crippen molar-refractivity contribution < 1.29 is 14.0 Å². The Bertz CT molecular complexity index is 1190. The maximum atomic E-state index is 5.74. The van der Waals surface area contributed by atoms with E-state index in [1.54, 1.807) is 0 Å². The maximum absolute atomic E-state index is 5.74. The van der Waals surface area contributed by atoms with Crippen molar-refractivity contribution in [2.45, 2.75) is 85.5 Å². The molecule has 0 fully saturated rings. The van der Waals surface area contributed by atoms with Crippen molar-refractivity contribution in [3.8, 4) is 34.1 Å². The van der Waals surface area contributed by atoms with Crippen LogP contribution in [0, 0.1) is 13.8 Å². The Balaban J connectivity index is 0.000000241. The highest BCUT2D eigenvalue weighted by atomic mass is 16.5. The van der Waals surface area contributed by atoms with E-state index in [-0.39, 0.29) is 0 Å². The van der Waals surface area contributed by atoms with Gasteiger partial charge < -0.3 is 14.0 Å². The molecule has 0 aliphatic rings. The maximum Gasteiger partial charge on any atom is 0.167 e. The average molecular weight is 542 g/mol. The van der Waals surface area contributed by atoms with E-state index in [0.29, 0.717) is 0 Å². The smallest absolute Gasteiger partial charge is 0.167 e. The van der Waals surface area contributed by atoms with Crippen LogP contribution in [0.15, 0.2) is 83.4 Å². The summed E-state index contributed by atoms with van der Waals surface area (Å²) in [7, 11) is 0. The quantitative estimate of drug-likeness (QED) is 0.140. The molecule has 0 aliphatic heterocycles. The molecule has 0 bridgehead atoms. The second-order valence-corrected chi connectivity index (χ2v) is 10.5. The van der Waals surface area contributed by atoms with Gasteiger partial charge in [-0.1, -0.05) is 111 Å². The van der Waals surface area contributed by atoms with E-state index in [1.165, 1.54) is 62.5 Å². The summed E-state index contributed by atoms with van der Waals surface area (Å²) in [5.41, 5.74) is 5.43. The molecule has 0 N–H and O–H groups in total. The Hall–Kier alpha value is -3.53. The molecule has 4 heteroatoms. The van der Waals surface area contributed by atoms with Crippen molar-refractivity contribution in [1.29, 1.82) is 0 Å². The lowest BCUT2D eigenvalue weighted by atomic mass is 10.1. The van der Waals surface area contributed by atoms with Crippen molar-refractivity contribution in [1.82, 2.24) is 5.16 Å². The van der Waals surface area contributed by atoms with E-state index in [9.17, 15) is 0 Å². The first-order valence-corrected chi connectivity index (χ1v) is 15.1. The molecular formula is C36H47NO3. The van der Waals surface area contributed by atoms with Crippen LogP contribution in [0.25, 0.3) is 22.6 Å². The van der Waals surface area contributed by atoms with Gasteiger partial charge in [0.1, 0.15) is 17.2 Å². The van der Waals surface area contributed by atoms with Crippen molar-refractivity contribution in [2.24, 2.45) is 0 Å². The molecule has 0 spiro atoms. The molecule has 0 saturated heterocycles. The fourth-order valence-corrected chi connectivity index (χ4v) is 4.24. The van der Waals surface area contributed by atoms with E-state index in [1.807, 2.05) is 42.5 Å². The highest BCUT2D eigenvalue weighted by Crippen LogP contribution is 2.27. The normalized spacial score (nSPS) is 10.6. The molecule has 40 heavy (non-hydrogen) atoms. The standard InChI is InChI=1S/C21H23NO2.C15H24O/c1-3-4-5-14-23-19-12-10-18(11-13-19)21-15-20(22-24-21)17-8-6-16(2)7-9-17;1-3-4-5-6-7-8-13-16-15-11-9-14(2)10-12-15/h6-13,15H,3-5,14H2,1-2H3;9-12H,3-8,13H2,1-2H3. The molecule has 0 aliphatic carbocycles. The SMILES string of the molecule is CCCCCCCCOc1ccc(C)cc1.CCCCCOc1ccc(-c2cc(-c3ccc(C)cc3)no2)cc1. The molecule has 0 radical (unpaired) electrons. The van der Waals surface area contributed by atoms with Crippen molar-refractivity contribution in [3.05, 3.63) is 90.0 Å². The molecule has 4 rings (SSSR count). The molecule has 0 amide bonds. The van der Waals surface area contributed by atoms with Crippen LogP contribution in [-0.2, 0) is 0 Å². The van der Waals surface area contributed by atoms with E-state index in [0.717, 1.165) is 53.7 Å². The minimum atomic E-state index is 0.767. The number of ether oxygens (including phenoxy) is 2. The Morgan fingerprint density at radius 2 is 1.00 bits per heavy atom. The number of aromatic nitrogens is 1. The molecule has 0 atom stereocenters. The van der Waals surface area contributed by atoms with Gasteiger partial charge >= 0.3 is 0 Å². The fourth-order valence-electron chi connectivity index (χ4n) is 4.24. The highest BCUT2D eigenvalue weighted by molar-refractivity contribution is 5.67. The predicted molar refractivity (Wildman–Crippen MR) is 167 cm³/mol. The molecule has 3 aromatic carbocycles. The molecule has 1 aromatic heterocycles. The molecule has 4 nitrogen and oxygen atoms in total. The number of unbranched alkanes of at least 4 members (excludes halogenated alkanes) is 7. The molecule has 0 unspecified atom stereocenters. The predicted octanol–water partition coefficient (Wildman–Crippen LogP) is 10.6. The van der Waals surface area contributed by atoms with Gasteiger partial charge in [0.15, 0.2) is 5.76 Å². The Kier molecular flexibility index (Phi) is 13.9. The average Bonchev–Trinajstić information content (AvgIpc) is 3.47. The zero-order valence-electron chi connectivity index (χ0n) is 25.0. The molecule has 0 saturated carbocycles. The lowest BCUT2D eigenvalue weighted by Gasteiger charge is -2.06. The minimum absolute atomic E-state index is 0.767. The third-order valence-electron chi connectivity index (χ3n) is 6.80. The largest absolute Gasteiger partial charge is 0.494 e. The van der Waals surface area contributed by atoms with Crippen LogP contribution >= 0.6 is 0 Å². The van der Waals surface area contributed by atoms with Crippen molar-refractivity contribution >= 4 is 0 Å². The van der Waals surface area contributed by atoms with Gasteiger partial charge in [-0.3, -0.25) is 0 Å². The van der Waals surface area contributed by atoms with Crippen LogP contribution in [0.2, 0.25) is 0 Å². The van der Waals surface area contributed by atoms with Gasteiger partial charge in [0.25, 0.3) is 0 Å². The summed E-state index contributed by atoms with van der Waals surface area (Å²) >= 11 is 0. The fraction of sp³-hybridized carbons (Fsp3) is 0.417. The van der Waals surface area contributed by atoms with Gasteiger partial charge in [-0.2, -0.15) is 0 Å². The van der Waals surface area contributed by atoms with E-state index >= 15 is 0 Å². The number of aryl methyl sites for hydroxylation is 2. The van der Waals surface area contributed by atoms with Crippen molar-refractivity contribution in [3.63, 3.8) is 0 Å². The topological polar surface area (TPSA) is 44.5 Å². The van der Waals surface area contributed by atoms with Gasteiger partial charge in [-0.15, -0.1) is 0 Å². The van der Waals surface area contributed by atoms with E-state index < -0.39 is 0 Å². The summed E-state index contributed by atoms with van der Waals surface area (Å²) in [4.78, 5) is 0. The summed E-state index contributed by atoms with van der Waals surface area (Å²) in [6, 6.07) is 26.5. The summed E-state index contributed by atoms with van der Waals surface area (Å²) in [5.74, 6) is 2.66. The number of benzene rings is 3. The zero-order valence-corrected chi connectivity index (χ0v) is 25.0. The molecular weight excluding hydrogens is 494 g/mol. The molecule has 4 aromatic rings. The second-order valence-electron chi connectivity index (χ2n) is 10.5. The second kappa shape index (κ2) is 17.9. The lowest BCUT2D eigenvalue weighted by Crippen LogP contribution is -1.97. The summed E-state index contributed by atoms with van der Waals surface area (Å²) in [6.07, 6.45) is 11.4. The molecule has 1 heterocycles. The lowest BCUT2D eigenvalue weighted by molar-refractivity contribution is 0.304. The summed E-state index contributed by atoms with van der Waals surface area (Å²) in [5, 5.41) is 4.18. The first kappa shape index (κ1) is 31.0.